The highest BCUT2D eigenvalue weighted by Gasteiger charge is 2.40. The summed E-state index contributed by atoms with van der Waals surface area (Å²) in [6.07, 6.45) is -9.92. The van der Waals surface area contributed by atoms with Gasteiger partial charge in [0, 0.05) is 25.2 Å². The van der Waals surface area contributed by atoms with Crippen molar-refractivity contribution in [1.29, 1.82) is 0 Å². The molecule has 1 aromatic heterocycles. The summed E-state index contributed by atoms with van der Waals surface area (Å²) in [5, 5.41) is 4.76. The maximum Gasteiger partial charge on any atom is 0.417 e. The first kappa shape index (κ1) is 21.2. The Bertz CT molecular complexity index is 960. The maximum absolute atomic E-state index is 13.6. The number of halogens is 6. The number of carbonyl (C=O) groups excluding carboxylic acids is 1. The van der Waals surface area contributed by atoms with Crippen molar-refractivity contribution >= 4 is 23.6 Å². The first-order valence-electron chi connectivity index (χ1n) is 8.21. The number of amides is 1. The molecule has 3 rings (SSSR count). The van der Waals surface area contributed by atoms with Crippen molar-refractivity contribution < 1.29 is 31.1 Å². The van der Waals surface area contributed by atoms with E-state index in [1.807, 2.05) is 0 Å². The molecule has 1 aliphatic heterocycles. The van der Waals surface area contributed by atoms with E-state index >= 15 is 0 Å². The van der Waals surface area contributed by atoms with Crippen molar-refractivity contribution in [2.24, 2.45) is 0 Å². The van der Waals surface area contributed by atoms with Gasteiger partial charge in [0.05, 0.1) is 22.1 Å². The van der Waals surface area contributed by atoms with Crippen LogP contribution in [0.3, 0.4) is 0 Å². The number of rotatable bonds is 3. The quantitative estimate of drug-likeness (QED) is 0.563. The van der Waals surface area contributed by atoms with E-state index in [2.05, 4.69) is 20.6 Å². The lowest BCUT2D eigenvalue weighted by Gasteiger charge is -2.17. The number of aromatic nitrogens is 2. The molecule has 12 heteroatoms. The fraction of sp³-hybridized carbons (Fsp3) is 0.353. The van der Waals surface area contributed by atoms with Gasteiger partial charge in [0.2, 0.25) is 11.9 Å². The monoisotopic (exact) mass is 436 g/mol. The van der Waals surface area contributed by atoms with Crippen LogP contribution in [0.4, 0.5) is 32.3 Å². The molecule has 2 N–H and O–H groups in total. The van der Waals surface area contributed by atoms with Crippen LogP contribution in [0.2, 0.25) is 0 Å². The second-order valence-electron chi connectivity index (χ2n) is 6.11. The molecule has 0 saturated carbocycles. The van der Waals surface area contributed by atoms with Crippen molar-refractivity contribution in [3.63, 3.8) is 0 Å². The Labute approximate surface area is 165 Å². The lowest BCUT2D eigenvalue weighted by Crippen LogP contribution is -2.29. The molecule has 0 fully saturated rings. The van der Waals surface area contributed by atoms with Gasteiger partial charge >= 0.3 is 12.4 Å². The average Bonchev–Trinajstić information content (AvgIpc) is 3.08. The molecule has 29 heavy (non-hydrogen) atoms. The highest BCUT2D eigenvalue weighted by Crippen LogP contribution is 2.45. The van der Waals surface area contributed by atoms with Crippen LogP contribution in [0.1, 0.15) is 16.7 Å². The number of nitrogens with one attached hydrogen (secondary N) is 2. The number of carbonyl (C=O) groups is 1. The Morgan fingerprint density at radius 1 is 1.10 bits per heavy atom. The van der Waals surface area contributed by atoms with Gasteiger partial charge in [-0.2, -0.15) is 26.3 Å². The average molecular weight is 436 g/mol. The molecule has 2 aromatic rings. The van der Waals surface area contributed by atoms with E-state index < -0.39 is 34.3 Å². The summed E-state index contributed by atoms with van der Waals surface area (Å²) in [6.45, 7) is 0. The zero-order valence-corrected chi connectivity index (χ0v) is 15.8. The number of benzene rings is 1. The van der Waals surface area contributed by atoms with Crippen LogP contribution >= 0.6 is 11.8 Å². The molecule has 0 spiro atoms. The van der Waals surface area contributed by atoms with E-state index in [4.69, 9.17) is 0 Å². The van der Waals surface area contributed by atoms with Gasteiger partial charge in [-0.05, 0) is 18.6 Å². The third kappa shape index (κ3) is 4.11. The van der Waals surface area contributed by atoms with Gasteiger partial charge in [0.1, 0.15) is 5.03 Å². The normalized spacial score (nSPS) is 16.5. The summed E-state index contributed by atoms with van der Waals surface area (Å²) in [6, 6.07) is 1.41. The molecule has 0 saturated heterocycles. The summed E-state index contributed by atoms with van der Waals surface area (Å²) in [7, 11) is 2.88. The molecular formula is C17H14F6N4OS. The summed E-state index contributed by atoms with van der Waals surface area (Å²) in [5.74, 6) is -0.342. The zero-order chi connectivity index (χ0) is 21.6. The second-order valence-corrected chi connectivity index (χ2v) is 7.30. The summed E-state index contributed by atoms with van der Waals surface area (Å²) >= 11 is 1.06. The molecule has 1 amide bonds. The van der Waals surface area contributed by atoms with Gasteiger partial charge in [-0.3, -0.25) is 4.79 Å². The Balaban J connectivity index is 2.22. The van der Waals surface area contributed by atoms with E-state index in [0.717, 1.165) is 17.8 Å². The van der Waals surface area contributed by atoms with E-state index in [1.165, 1.54) is 14.1 Å². The highest BCUT2D eigenvalue weighted by molar-refractivity contribution is 8.00. The summed E-state index contributed by atoms with van der Waals surface area (Å²) in [4.78, 5) is 20.2. The van der Waals surface area contributed by atoms with Gasteiger partial charge < -0.3 is 10.6 Å². The Morgan fingerprint density at radius 3 is 2.34 bits per heavy atom. The fourth-order valence-electron chi connectivity index (χ4n) is 2.91. The van der Waals surface area contributed by atoms with Crippen LogP contribution in [0.5, 0.6) is 0 Å². The summed E-state index contributed by atoms with van der Waals surface area (Å²) in [5.41, 5.74) is -3.24. The second kappa shape index (κ2) is 7.39. The Morgan fingerprint density at radius 2 is 1.79 bits per heavy atom. The lowest BCUT2D eigenvalue weighted by molar-refractivity contribution is -0.142. The molecule has 0 aliphatic carbocycles. The first-order chi connectivity index (χ1) is 13.5. The van der Waals surface area contributed by atoms with Crippen molar-refractivity contribution in [3.05, 3.63) is 34.9 Å². The first-order valence-corrected chi connectivity index (χ1v) is 9.09. The van der Waals surface area contributed by atoms with Gasteiger partial charge in [-0.1, -0.05) is 17.8 Å². The third-order valence-corrected chi connectivity index (χ3v) is 5.51. The molecule has 2 heterocycles. The van der Waals surface area contributed by atoms with Crippen LogP contribution in [-0.4, -0.2) is 35.2 Å². The van der Waals surface area contributed by atoms with E-state index in [-0.39, 0.29) is 35.6 Å². The number of hydrogen-bond donors (Lipinski definition) is 2. The van der Waals surface area contributed by atoms with E-state index in [9.17, 15) is 31.1 Å². The van der Waals surface area contributed by atoms with Crippen LogP contribution in [0.25, 0.3) is 11.3 Å². The Hall–Kier alpha value is -2.50. The van der Waals surface area contributed by atoms with Crippen molar-refractivity contribution in [3.8, 4) is 11.3 Å². The minimum absolute atomic E-state index is 0.00294. The largest absolute Gasteiger partial charge is 0.417 e. The number of hydrogen-bond acceptors (Lipinski definition) is 5. The molecule has 1 unspecified atom stereocenters. The Kier molecular flexibility index (Phi) is 5.41. The van der Waals surface area contributed by atoms with Crippen molar-refractivity contribution in [2.75, 3.05) is 19.4 Å². The van der Waals surface area contributed by atoms with Crippen LogP contribution in [0.15, 0.2) is 23.2 Å². The molecule has 156 valence electrons. The number of alkyl halides is 6. The van der Waals surface area contributed by atoms with E-state index in [0.29, 0.717) is 11.1 Å². The van der Waals surface area contributed by atoms with Gasteiger partial charge in [-0.25, -0.2) is 9.97 Å². The molecule has 0 bridgehead atoms. The number of nitrogens with zero attached hydrogens (tertiary/aromatic N) is 2. The zero-order valence-electron chi connectivity index (χ0n) is 15.0. The number of fused-ring (bicyclic) bond motifs is 1. The minimum atomic E-state index is -5.04. The van der Waals surface area contributed by atoms with Crippen LogP contribution < -0.4 is 10.6 Å². The molecular weight excluding hydrogens is 422 g/mol. The van der Waals surface area contributed by atoms with E-state index in [1.54, 1.807) is 0 Å². The highest BCUT2D eigenvalue weighted by atomic mass is 32.2. The molecule has 1 aliphatic rings. The third-order valence-electron chi connectivity index (χ3n) is 4.28. The topological polar surface area (TPSA) is 66.9 Å². The number of anilines is 1. The van der Waals surface area contributed by atoms with Gasteiger partial charge in [0.15, 0.2) is 0 Å². The predicted molar refractivity (Wildman–Crippen MR) is 94.4 cm³/mol. The van der Waals surface area contributed by atoms with Crippen LogP contribution in [0, 0.1) is 0 Å². The lowest BCUT2D eigenvalue weighted by atomic mass is 9.96. The SMILES string of the molecule is CNC(=O)C1Cc2c(nc(NC)nc2-c2ccc(C(F)(F)F)cc2C(F)(F)F)S1. The molecule has 1 atom stereocenters. The summed E-state index contributed by atoms with van der Waals surface area (Å²) < 4.78 is 79.7. The number of thioether (sulfide) groups is 1. The predicted octanol–water partition coefficient (Wildman–Crippen LogP) is 3.99. The smallest absolute Gasteiger partial charge is 0.358 e. The molecule has 5 nitrogen and oxygen atoms in total. The minimum Gasteiger partial charge on any atom is -0.358 e. The van der Waals surface area contributed by atoms with Crippen molar-refractivity contribution in [1.82, 2.24) is 15.3 Å². The fourth-order valence-corrected chi connectivity index (χ4v) is 4.12. The molecule has 0 radical (unpaired) electrons. The maximum atomic E-state index is 13.6. The van der Waals surface area contributed by atoms with Crippen LogP contribution in [-0.2, 0) is 23.6 Å². The van der Waals surface area contributed by atoms with Crippen molar-refractivity contribution in [2.45, 2.75) is 29.0 Å². The van der Waals surface area contributed by atoms with Gasteiger partial charge in [0.25, 0.3) is 0 Å². The standard InChI is InChI=1S/C17H14F6N4OS/c1-24-13(28)11-6-9-12(26-15(25-2)27-14(9)29-11)8-4-3-7(16(18,19)20)5-10(8)17(21,22)23/h3-5,11H,6H2,1-2H3,(H,24,28)(H,25,26,27). The molecule has 1 aromatic carbocycles. The van der Waals surface area contributed by atoms with Gasteiger partial charge in [-0.15, -0.1) is 0 Å².